The van der Waals surface area contributed by atoms with Crippen LogP contribution >= 0.6 is 0 Å². The first kappa shape index (κ1) is 18.7. The van der Waals surface area contributed by atoms with Crippen LogP contribution in [0, 0.1) is 0 Å². The van der Waals surface area contributed by atoms with Gasteiger partial charge in [0.25, 0.3) is 0 Å². The Kier molecular flexibility index (Phi) is 6.59. The lowest BCUT2D eigenvalue weighted by Gasteiger charge is -2.32. The summed E-state index contributed by atoms with van der Waals surface area (Å²) in [5, 5.41) is 7.86. The highest BCUT2D eigenvalue weighted by molar-refractivity contribution is 7.88. The van der Waals surface area contributed by atoms with E-state index in [2.05, 4.69) is 12.2 Å². The van der Waals surface area contributed by atoms with Crippen LogP contribution in [0.5, 0.6) is 0 Å². The normalized spacial score (nSPS) is 18.4. The average Bonchev–Trinajstić information content (AvgIpc) is 2.52. The van der Waals surface area contributed by atoms with Crippen LogP contribution < -0.4 is 10.5 Å². The van der Waals surface area contributed by atoms with E-state index in [1.54, 1.807) is 29.2 Å². The fraction of sp³-hybridized carbons (Fsp3) is 0.562. The fourth-order valence-electron chi connectivity index (χ4n) is 2.72. The van der Waals surface area contributed by atoms with Crippen molar-refractivity contribution < 1.29 is 17.9 Å². The van der Waals surface area contributed by atoms with Gasteiger partial charge >= 0.3 is 6.03 Å². The lowest BCUT2D eigenvalue weighted by atomic mass is 10.1. The van der Waals surface area contributed by atoms with Crippen molar-refractivity contribution in [2.75, 3.05) is 25.0 Å². The van der Waals surface area contributed by atoms with Crippen molar-refractivity contribution in [2.24, 2.45) is 5.14 Å². The lowest BCUT2D eigenvalue weighted by molar-refractivity contribution is 0.0115. The quantitative estimate of drug-likeness (QED) is 0.813. The molecule has 0 bridgehead atoms. The molecular formula is C16H25N3O4S. The number of hydrogen-bond acceptors (Lipinski definition) is 4. The van der Waals surface area contributed by atoms with E-state index < -0.39 is 10.0 Å². The number of amides is 2. The van der Waals surface area contributed by atoms with Gasteiger partial charge < -0.3 is 15.0 Å². The largest absolute Gasteiger partial charge is 0.376 e. The van der Waals surface area contributed by atoms with Crippen LogP contribution in [-0.4, -0.2) is 45.1 Å². The Labute approximate surface area is 143 Å². The molecule has 3 N–H and O–H groups in total. The van der Waals surface area contributed by atoms with Crippen molar-refractivity contribution >= 4 is 21.7 Å². The number of likely N-dealkylation sites (tertiary alicyclic amines) is 1. The van der Waals surface area contributed by atoms with E-state index in [1.165, 1.54) is 0 Å². The van der Waals surface area contributed by atoms with Gasteiger partial charge in [0.2, 0.25) is 10.0 Å². The number of nitrogens with zero attached hydrogens (tertiary/aromatic N) is 1. The van der Waals surface area contributed by atoms with Crippen molar-refractivity contribution in [1.29, 1.82) is 0 Å². The van der Waals surface area contributed by atoms with Gasteiger partial charge in [-0.1, -0.05) is 19.1 Å². The Morgan fingerprint density at radius 1 is 1.46 bits per heavy atom. The van der Waals surface area contributed by atoms with Crippen LogP contribution in [0.2, 0.25) is 0 Å². The molecule has 0 radical (unpaired) electrons. The molecule has 1 aliphatic rings. The summed E-state index contributed by atoms with van der Waals surface area (Å²) in [6, 6.07) is 6.50. The molecule has 1 aliphatic heterocycles. The maximum Gasteiger partial charge on any atom is 0.321 e. The summed E-state index contributed by atoms with van der Waals surface area (Å²) >= 11 is 0. The highest BCUT2D eigenvalue weighted by atomic mass is 32.2. The summed E-state index contributed by atoms with van der Waals surface area (Å²) < 4.78 is 28.1. The van der Waals surface area contributed by atoms with Crippen LogP contribution in [-0.2, 0) is 20.5 Å². The Morgan fingerprint density at radius 3 is 2.96 bits per heavy atom. The van der Waals surface area contributed by atoms with Gasteiger partial charge in [-0.2, -0.15) is 0 Å². The summed E-state index contributed by atoms with van der Waals surface area (Å²) in [6.07, 6.45) is 2.92. The Hall–Kier alpha value is -1.64. The fourth-order valence-corrected chi connectivity index (χ4v) is 3.36. The van der Waals surface area contributed by atoms with E-state index in [0.29, 0.717) is 30.9 Å². The summed E-state index contributed by atoms with van der Waals surface area (Å²) in [7, 11) is -3.60. The predicted molar refractivity (Wildman–Crippen MR) is 93.1 cm³/mol. The van der Waals surface area contributed by atoms with Crippen LogP contribution in [0.15, 0.2) is 24.3 Å². The summed E-state index contributed by atoms with van der Waals surface area (Å²) in [6.45, 7) is 4.02. The molecule has 1 aromatic rings. The van der Waals surface area contributed by atoms with Gasteiger partial charge in [-0.15, -0.1) is 0 Å². The Morgan fingerprint density at radius 2 is 2.25 bits per heavy atom. The second kappa shape index (κ2) is 8.46. The van der Waals surface area contributed by atoms with Gasteiger partial charge in [-0.3, -0.25) is 0 Å². The molecule has 0 unspecified atom stereocenters. The lowest BCUT2D eigenvalue weighted by Crippen LogP contribution is -2.45. The third-order valence-corrected chi connectivity index (χ3v) is 4.50. The third-order valence-electron chi connectivity index (χ3n) is 3.77. The monoisotopic (exact) mass is 355 g/mol. The van der Waals surface area contributed by atoms with Crippen molar-refractivity contribution in [3.63, 3.8) is 0 Å². The molecule has 2 amide bonds. The molecule has 0 aliphatic carbocycles. The van der Waals surface area contributed by atoms with Crippen LogP contribution in [0.1, 0.15) is 31.7 Å². The van der Waals surface area contributed by atoms with E-state index >= 15 is 0 Å². The minimum Gasteiger partial charge on any atom is -0.376 e. The Bertz CT molecular complexity index is 663. The van der Waals surface area contributed by atoms with Crippen molar-refractivity contribution in [2.45, 2.75) is 38.0 Å². The number of urea groups is 1. The van der Waals surface area contributed by atoms with E-state index in [1.807, 2.05) is 0 Å². The number of nitrogens with one attached hydrogen (secondary N) is 1. The summed E-state index contributed by atoms with van der Waals surface area (Å²) in [4.78, 5) is 14.1. The van der Waals surface area contributed by atoms with Gasteiger partial charge in [-0.05, 0) is 37.0 Å². The zero-order valence-corrected chi connectivity index (χ0v) is 14.7. The van der Waals surface area contributed by atoms with Gasteiger partial charge in [0, 0.05) is 25.4 Å². The first-order valence-electron chi connectivity index (χ1n) is 8.14. The molecule has 0 aromatic heterocycles. The second-order valence-electron chi connectivity index (χ2n) is 6.02. The molecule has 2 rings (SSSR count). The molecular weight excluding hydrogens is 330 g/mol. The first-order valence-corrected chi connectivity index (χ1v) is 9.86. The van der Waals surface area contributed by atoms with Crippen LogP contribution in [0.3, 0.4) is 0 Å². The maximum absolute atomic E-state index is 12.4. The molecule has 1 fully saturated rings. The van der Waals surface area contributed by atoms with Crippen LogP contribution in [0.25, 0.3) is 0 Å². The van der Waals surface area contributed by atoms with E-state index in [4.69, 9.17) is 9.88 Å². The van der Waals surface area contributed by atoms with Crippen LogP contribution in [0.4, 0.5) is 10.5 Å². The van der Waals surface area contributed by atoms with Gasteiger partial charge in [0.15, 0.2) is 0 Å². The van der Waals surface area contributed by atoms with E-state index in [9.17, 15) is 13.2 Å². The molecule has 1 aromatic carbocycles. The number of ether oxygens (including phenoxy) is 1. The number of piperidine rings is 1. The average molecular weight is 355 g/mol. The third kappa shape index (κ3) is 6.10. The number of sulfonamides is 1. The van der Waals surface area contributed by atoms with E-state index in [-0.39, 0.29) is 17.9 Å². The van der Waals surface area contributed by atoms with Gasteiger partial charge in [0.1, 0.15) is 0 Å². The molecule has 0 saturated carbocycles. The molecule has 7 nitrogen and oxygen atoms in total. The summed E-state index contributed by atoms with van der Waals surface area (Å²) in [5.41, 5.74) is 1.09. The molecule has 134 valence electrons. The van der Waals surface area contributed by atoms with Gasteiger partial charge in [0.05, 0.1) is 11.9 Å². The SMILES string of the molecule is CCCO[C@H]1CCCN(C(=O)Nc2cccc(CS(N)(=O)=O)c2)C1. The first-order chi connectivity index (χ1) is 11.4. The molecule has 1 heterocycles. The molecule has 8 heteroatoms. The number of primary sulfonamides is 1. The minimum absolute atomic E-state index is 0.0816. The predicted octanol–water partition coefficient (Wildman–Crippen LogP) is 1.90. The molecule has 0 spiro atoms. The highest BCUT2D eigenvalue weighted by Crippen LogP contribution is 2.17. The minimum atomic E-state index is -3.60. The van der Waals surface area contributed by atoms with Crippen molar-refractivity contribution in [1.82, 2.24) is 4.90 Å². The molecule has 24 heavy (non-hydrogen) atoms. The Balaban J connectivity index is 1.95. The number of rotatable bonds is 6. The standard InChI is InChI=1S/C16H25N3O4S/c1-2-9-23-15-7-4-8-19(11-15)16(20)18-14-6-3-5-13(10-14)12-24(17,21)22/h3,5-6,10,15H,2,4,7-9,11-12H2,1H3,(H,18,20)(H2,17,21,22)/t15-/m0/s1. The van der Waals surface area contributed by atoms with Crippen molar-refractivity contribution in [3.05, 3.63) is 29.8 Å². The number of nitrogens with two attached hydrogens (primary N) is 1. The number of carbonyl (C=O) groups excluding carboxylic acids is 1. The van der Waals surface area contributed by atoms with E-state index in [0.717, 1.165) is 19.3 Å². The number of carbonyl (C=O) groups is 1. The number of anilines is 1. The van der Waals surface area contributed by atoms with Crippen molar-refractivity contribution in [3.8, 4) is 0 Å². The molecule has 1 atom stereocenters. The number of hydrogen-bond donors (Lipinski definition) is 2. The topological polar surface area (TPSA) is 102 Å². The maximum atomic E-state index is 12.4. The van der Waals surface area contributed by atoms with Gasteiger partial charge in [-0.25, -0.2) is 18.4 Å². The summed E-state index contributed by atoms with van der Waals surface area (Å²) in [5.74, 6) is -0.257. The zero-order valence-electron chi connectivity index (χ0n) is 13.9. The second-order valence-corrected chi connectivity index (χ2v) is 7.63. The molecule has 1 saturated heterocycles. The highest BCUT2D eigenvalue weighted by Gasteiger charge is 2.24. The zero-order chi connectivity index (χ0) is 17.6. The number of benzene rings is 1. The smallest absolute Gasteiger partial charge is 0.321 e.